The normalized spacial score (nSPS) is 14.4. The first-order chi connectivity index (χ1) is 11.3. The molecule has 1 fully saturated rings. The third-order valence-electron chi connectivity index (χ3n) is 4.21. The summed E-state index contributed by atoms with van der Waals surface area (Å²) in [6.07, 6.45) is 5.33. The first kappa shape index (κ1) is 19.1. The fourth-order valence-electron chi connectivity index (χ4n) is 2.99. The van der Waals surface area contributed by atoms with Gasteiger partial charge in [-0.05, 0) is 48.9 Å². The van der Waals surface area contributed by atoms with Crippen LogP contribution in [0, 0.1) is 0 Å². The summed E-state index contributed by atoms with van der Waals surface area (Å²) in [7, 11) is 0. The minimum atomic E-state index is 0. The predicted octanol–water partition coefficient (Wildman–Crippen LogP) is 5.18. The summed E-state index contributed by atoms with van der Waals surface area (Å²) in [5, 5.41) is 5.72. The first-order valence-electron chi connectivity index (χ1n) is 8.49. The maximum Gasteiger partial charge on any atom is 0.161 e. The lowest BCUT2D eigenvalue weighted by Crippen LogP contribution is -2.25. The number of halogens is 1. The summed E-state index contributed by atoms with van der Waals surface area (Å²) in [6.45, 7) is 4.15. The van der Waals surface area contributed by atoms with Crippen LogP contribution in [-0.4, -0.2) is 12.6 Å². The van der Waals surface area contributed by atoms with Crippen molar-refractivity contribution in [3.63, 3.8) is 0 Å². The number of thiophene rings is 1. The van der Waals surface area contributed by atoms with Gasteiger partial charge in [-0.15, -0.1) is 23.7 Å². The molecule has 0 unspecified atom stereocenters. The zero-order valence-corrected chi connectivity index (χ0v) is 15.8. The van der Waals surface area contributed by atoms with Gasteiger partial charge in [0.1, 0.15) is 6.61 Å². The number of rotatable bonds is 8. The molecule has 0 radical (unpaired) electrons. The molecule has 0 amide bonds. The molecule has 1 aromatic heterocycles. The highest BCUT2D eigenvalue weighted by Crippen LogP contribution is 2.30. The van der Waals surface area contributed by atoms with Crippen LogP contribution in [0.15, 0.2) is 35.7 Å². The van der Waals surface area contributed by atoms with Gasteiger partial charge in [-0.1, -0.05) is 25.0 Å². The number of hydrogen-bond donors (Lipinski definition) is 1. The van der Waals surface area contributed by atoms with E-state index in [0.29, 0.717) is 19.3 Å². The van der Waals surface area contributed by atoms with Gasteiger partial charge in [0.05, 0.1) is 6.61 Å². The van der Waals surface area contributed by atoms with Crippen LogP contribution >= 0.6 is 23.7 Å². The monoisotopic (exact) mass is 367 g/mol. The number of ether oxygens (including phenoxy) is 2. The number of hydrogen-bond acceptors (Lipinski definition) is 4. The maximum atomic E-state index is 5.93. The molecule has 0 aliphatic heterocycles. The Kier molecular flexibility index (Phi) is 7.89. The van der Waals surface area contributed by atoms with E-state index in [1.807, 2.05) is 19.1 Å². The van der Waals surface area contributed by atoms with E-state index in [1.165, 1.54) is 36.1 Å². The molecule has 1 aromatic carbocycles. The largest absolute Gasteiger partial charge is 0.490 e. The lowest BCUT2D eigenvalue weighted by Gasteiger charge is -2.15. The molecule has 1 aliphatic carbocycles. The van der Waals surface area contributed by atoms with Crippen molar-refractivity contribution in [1.82, 2.24) is 5.32 Å². The standard InChI is InChI=1S/C19H25NO2S.ClH/c1-2-21-19-12-15(13-20-16-6-3-4-7-16)9-10-18(19)22-14-17-8-5-11-23-17;/h5,8-12,16,20H,2-4,6-7,13-14H2,1H3;1H. The van der Waals surface area contributed by atoms with E-state index in [1.54, 1.807) is 11.3 Å². The van der Waals surface area contributed by atoms with Crippen LogP contribution in [0.25, 0.3) is 0 Å². The predicted molar refractivity (Wildman–Crippen MR) is 103 cm³/mol. The molecule has 3 rings (SSSR count). The second-order valence-electron chi connectivity index (χ2n) is 5.94. The Hall–Kier alpha value is -1.23. The van der Waals surface area contributed by atoms with Crippen LogP contribution in [0.3, 0.4) is 0 Å². The lowest BCUT2D eigenvalue weighted by atomic mass is 10.1. The Bertz CT molecular complexity index is 597. The minimum Gasteiger partial charge on any atom is -0.490 e. The molecule has 1 N–H and O–H groups in total. The summed E-state index contributed by atoms with van der Waals surface area (Å²) >= 11 is 1.71. The smallest absolute Gasteiger partial charge is 0.161 e. The zero-order valence-electron chi connectivity index (χ0n) is 14.1. The van der Waals surface area contributed by atoms with Crippen molar-refractivity contribution in [1.29, 1.82) is 0 Å². The van der Waals surface area contributed by atoms with Crippen LogP contribution < -0.4 is 14.8 Å². The highest BCUT2D eigenvalue weighted by molar-refractivity contribution is 7.09. The van der Waals surface area contributed by atoms with E-state index in [-0.39, 0.29) is 12.4 Å². The third-order valence-corrected chi connectivity index (χ3v) is 5.06. The number of nitrogens with one attached hydrogen (secondary N) is 1. The van der Waals surface area contributed by atoms with E-state index in [4.69, 9.17) is 9.47 Å². The zero-order chi connectivity index (χ0) is 15.9. The van der Waals surface area contributed by atoms with Gasteiger partial charge in [0.25, 0.3) is 0 Å². The van der Waals surface area contributed by atoms with Gasteiger partial charge in [0.2, 0.25) is 0 Å². The summed E-state index contributed by atoms with van der Waals surface area (Å²) < 4.78 is 11.7. The van der Waals surface area contributed by atoms with Crippen molar-refractivity contribution in [3.05, 3.63) is 46.2 Å². The maximum absolute atomic E-state index is 5.93. The van der Waals surface area contributed by atoms with Gasteiger partial charge >= 0.3 is 0 Å². The molecule has 24 heavy (non-hydrogen) atoms. The molecule has 5 heteroatoms. The SMILES string of the molecule is CCOc1cc(CNC2CCCC2)ccc1OCc1cccs1.Cl. The van der Waals surface area contributed by atoms with Crippen LogP contribution in [0.5, 0.6) is 11.5 Å². The van der Waals surface area contributed by atoms with Crippen molar-refractivity contribution in [2.45, 2.75) is 51.8 Å². The fraction of sp³-hybridized carbons (Fsp3) is 0.474. The van der Waals surface area contributed by atoms with Crippen molar-refractivity contribution < 1.29 is 9.47 Å². The first-order valence-corrected chi connectivity index (χ1v) is 9.37. The third kappa shape index (κ3) is 5.40. The Labute approximate surface area is 154 Å². The van der Waals surface area contributed by atoms with E-state index in [0.717, 1.165) is 18.0 Å². The molecule has 2 aromatic rings. The van der Waals surface area contributed by atoms with Crippen LogP contribution in [0.4, 0.5) is 0 Å². The molecular formula is C19H26ClNO2S. The molecule has 1 aliphatic rings. The Morgan fingerprint density at radius 3 is 2.67 bits per heavy atom. The van der Waals surface area contributed by atoms with Gasteiger partial charge in [-0.2, -0.15) is 0 Å². The molecule has 0 atom stereocenters. The van der Waals surface area contributed by atoms with E-state index in [2.05, 4.69) is 28.9 Å². The Balaban J connectivity index is 0.00000208. The molecular weight excluding hydrogens is 342 g/mol. The molecule has 132 valence electrons. The molecule has 3 nitrogen and oxygen atoms in total. The van der Waals surface area contributed by atoms with Gasteiger partial charge < -0.3 is 14.8 Å². The van der Waals surface area contributed by atoms with Crippen molar-refractivity contribution in [2.24, 2.45) is 0 Å². The molecule has 0 saturated heterocycles. The summed E-state index contributed by atoms with van der Waals surface area (Å²) in [5.41, 5.74) is 1.25. The summed E-state index contributed by atoms with van der Waals surface area (Å²) in [5.74, 6) is 1.67. The molecule has 0 spiro atoms. The highest BCUT2D eigenvalue weighted by Gasteiger charge is 2.14. The Morgan fingerprint density at radius 1 is 1.12 bits per heavy atom. The second-order valence-corrected chi connectivity index (χ2v) is 6.98. The van der Waals surface area contributed by atoms with Crippen molar-refractivity contribution in [3.8, 4) is 11.5 Å². The van der Waals surface area contributed by atoms with Crippen molar-refractivity contribution in [2.75, 3.05) is 6.61 Å². The highest BCUT2D eigenvalue weighted by atomic mass is 35.5. The lowest BCUT2D eigenvalue weighted by molar-refractivity contribution is 0.271. The van der Waals surface area contributed by atoms with E-state index in [9.17, 15) is 0 Å². The Morgan fingerprint density at radius 2 is 1.96 bits per heavy atom. The average molecular weight is 368 g/mol. The summed E-state index contributed by atoms with van der Waals surface area (Å²) in [6, 6.07) is 11.1. The quantitative estimate of drug-likeness (QED) is 0.697. The van der Waals surface area contributed by atoms with Gasteiger partial charge in [-0.3, -0.25) is 0 Å². The molecule has 1 saturated carbocycles. The minimum absolute atomic E-state index is 0. The van der Waals surface area contributed by atoms with E-state index < -0.39 is 0 Å². The van der Waals surface area contributed by atoms with Crippen LogP contribution in [-0.2, 0) is 13.2 Å². The summed E-state index contributed by atoms with van der Waals surface area (Å²) in [4.78, 5) is 1.22. The van der Waals surface area contributed by atoms with Crippen molar-refractivity contribution >= 4 is 23.7 Å². The molecule has 0 bridgehead atoms. The molecule has 1 heterocycles. The van der Waals surface area contributed by atoms with Gasteiger partial charge in [-0.25, -0.2) is 0 Å². The van der Waals surface area contributed by atoms with Gasteiger partial charge in [0, 0.05) is 17.5 Å². The van der Waals surface area contributed by atoms with Crippen LogP contribution in [0.2, 0.25) is 0 Å². The average Bonchev–Trinajstić information content (AvgIpc) is 3.26. The second kappa shape index (κ2) is 9.92. The van der Waals surface area contributed by atoms with Crippen LogP contribution in [0.1, 0.15) is 43.0 Å². The number of benzene rings is 1. The topological polar surface area (TPSA) is 30.5 Å². The van der Waals surface area contributed by atoms with Gasteiger partial charge in [0.15, 0.2) is 11.5 Å². The van der Waals surface area contributed by atoms with E-state index >= 15 is 0 Å². The fourth-order valence-corrected chi connectivity index (χ4v) is 3.60.